The molecule has 92 valence electrons. The lowest BCUT2D eigenvalue weighted by atomic mass is 10.0. The van der Waals surface area contributed by atoms with Gasteiger partial charge < -0.3 is 0 Å². The summed E-state index contributed by atoms with van der Waals surface area (Å²) < 4.78 is 37.6. The molecule has 1 N–H and O–H groups in total. The smallest absolute Gasteiger partial charge is 0.300 e. The largest absolute Gasteiger partial charge is 0.406 e. The molecule has 0 amide bonds. The average Bonchev–Trinajstić information content (AvgIpc) is 2.25. The number of rotatable bonds is 3. The maximum absolute atomic E-state index is 12.5. The van der Waals surface area contributed by atoms with Crippen LogP contribution < -0.4 is 5.32 Å². The van der Waals surface area contributed by atoms with E-state index in [1.807, 2.05) is 6.07 Å². The molecule has 1 aromatic carbocycles. The van der Waals surface area contributed by atoms with Gasteiger partial charge in [0, 0.05) is 6.54 Å². The lowest BCUT2D eigenvalue weighted by molar-refractivity contribution is -0.186. The van der Waals surface area contributed by atoms with Crippen LogP contribution in [0.25, 0.3) is 0 Å². The zero-order valence-electron chi connectivity index (χ0n) is 9.60. The highest BCUT2D eigenvalue weighted by molar-refractivity contribution is 5.31. The average molecular weight is 242 g/mol. The summed E-state index contributed by atoms with van der Waals surface area (Å²) in [6, 6.07) is 8.39. The van der Waals surface area contributed by atoms with Crippen LogP contribution in [-0.2, 0) is 6.54 Å². The number of nitriles is 1. The Morgan fingerprint density at radius 3 is 2.12 bits per heavy atom. The number of hydrogen-bond donors (Lipinski definition) is 1. The third kappa shape index (κ3) is 3.46. The molecule has 17 heavy (non-hydrogen) atoms. The quantitative estimate of drug-likeness (QED) is 0.884. The van der Waals surface area contributed by atoms with Crippen LogP contribution in [0.4, 0.5) is 13.2 Å². The second-order valence-corrected chi connectivity index (χ2v) is 4.29. The third-order valence-electron chi connectivity index (χ3n) is 2.53. The first-order valence-electron chi connectivity index (χ1n) is 5.07. The number of hydrogen-bond acceptors (Lipinski definition) is 2. The highest BCUT2D eigenvalue weighted by atomic mass is 19.4. The van der Waals surface area contributed by atoms with Crippen molar-refractivity contribution < 1.29 is 13.2 Å². The Bertz CT molecular complexity index is 413. The van der Waals surface area contributed by atoms with Crippen molar-refractivity contribution in [2.24, 2.45) is 0 Å². The fourth-order valence-corrected chi connectivity index (χ4v) is 1.12. The molecule has 0 saturated carbocycles. The highest BCUT2D eigenvalue weighted by Gasteiger charge is 2.46. The van der Waals surface area contributed by atoms with Gasteiger partial charge in [0.05, 0.1) is 11.6 Å². The normalized spacial score (nSPS) is 12.2. The zero-order chi connectivity index (χ0) is 13.1. The number of halogens is 3. The van der Waals surface area contributed by atoms with Gasteiger partial charge in [-0.2, -0.15) is 18.4 Å². The van der Waals surface area contributed by atoms with Crippen LogP contribution in [0.15, 0.2) is 24.3 Å². The first kappa shape index (κ1) is 13.5. The second kappa shape index (κ2) is 4.76. The lowest BCUT2D eigenvalue weighted by Crippen LogP contribution is -2.51. The lowest BCUT2D eigenvalue weighted by Gasteiger charge is -2.29. The Labute approximate surface area is 98.1 Å². The minimum absolute atomic E-state index is 0.109. The summed E-state index contributed by atoms with van der Waals surface area (Å²) in [5.74, 6) is 0. The van der Waals surface area contributed by atoms with Crippen LogP contribution in [0.1, 0.15) is 25.0 Å². The molecule has 0 aliphatic rings. The molecule has 0 fully saturated rings. The fraction of sp³-hybridized carbons (Fsp3) is 0.417. The molecule has 0 radical (unpaired) electrons. The van der Waals surface area contributed by atoms with Gasteiger partial charge in [-0.25, -0.2) is 0 Å². The Balaban J connectivity index is 2.65. The third-order valence-corrected chi connectivity index (χ3v) is 2.53. The minimum atomic E-state index is -4.29. The Hall–Kier alpha value is -1.54. The van der Waals surface area contributed by atoms with Crippen molar-refractivity contribution in [3.05, 3.63) is 35.4 Å². The van der Waals surface area contributed by atoms with E-state index in [9.17, 15) is 13.2 Å². The van der Waals surface area contributed by atoms with Gasteiger partial charge in [-0.3, -0.25) is 5.32 Å². The van der Waals surface area contributed by atoms with E-state index in [0.29, 0.717) is 11.1 Å². The van der Waals surface area contributed by atoms with Crippen molar-refractivity contribution in [1.82, 2.24) is 5.32 Å². The molecular weight excluding hydrogens is 229 g/mol. The first-order valence-corrected chi connectivity index (χ1v) is 5.07. The molecule has 5 heteroatoms. The van der Waals surface area contributed by atoms with Crippen molar-refractivity contribution in [2.75, 3.05) is 0 Å². The highest BCUT2D eigenvalue weighted by Crippen LogP contribution is 2.29. The molecule has 0 aliphatic heterocycles. The molecule has 2 nitrogen and oxygen atoms in total. The molecule has 0 bridgehead atoms. The van der Waals surface area contributed by atoms with Gasteiger partial charge >= 0.3 is 6.18 Å². The minimum Gasteiger partial charge on any atom is -0.300 e. The van der Waals surface area contributed by atoms with Crippen LogP contribution >= 0.6 is 0 Å². The molecule has 0 atom stereocenters. The topological polar surface area (TPSA) is 35.8 Å². The predicted molar refractivity (Wildman–Crippen MR) is 58.1 cm³/mol. The molecule has 0 spiro atoms. The van der Waals surface area contributed by atoms with E-state index < -0.39 is 11.7 Å². The fourth-order valence-electron chi connectivity index (χ4n) is 1.12. The summed E-state index contributed by atoms with van der Waals surface area (Å²) >= 11 is 0. The molecule has 0 aromatic heterocycles. The molecule has 0 aliphatic carbocycles. The molecular formula is C12H13F3N2. The summed E-state index contributed by atoms with van der Waals surface area (Å²) in [6.45, 7) is 2.30. The molecule has 1 aromatic rings. The van der Waals surface area contributed by atoms with Crippen LogP contribution in [0, 0.1) is 11.3 Å². The van der Waals surface area contributed by atoms with Crippen molar-refractivity contribution in [1.29, 1.82) is 5.26 Å². The summed E-state index contributed by atoms with van der Waals surface area (Å²) in [7, 11) is 0. The van der Waals surface area contributed by atoms with E-state index in [-0.39, 0.29) is 6.54 Å². The van der Waals surface area contributed by atoms with Gasteiger partial charge in [-0.1, -0.05) is 12.1 Å². The molecule has 0 saturated heterocycles. The summed E-state index contributed by atoms with van der Waals surface area (Å²) in [6.07, 6.45) is -4.29. The summed E-state index contributed by atoms with van der Waals surface area (Å²) in [5, 5.41) is 11.0. The number of benzene rings is 1. The standard InChI is InChI=1S/C12H13F3N2/c1-11(2,12(13,14)15)17-8-10-5-3-9(7-16)4-6-10/h3-6,17H,8H2,1-2H3. The number of alkyl halides is 3. The zero-order valence-corrected chi connectivity index (χ0v) is 9.60. The predicted octanol–water partition coefficient (Wildman–Crippen LogP) is 2.99. The van der Waals surface area contributed by atoms with Crippen molar-refractivity contribution >= 4 is 0 Å². The van der Waals surface area contributed by atoms with Gasteiger partial charge in [-0.05, 0) is 31.5 Å². The Morgan fingerprint density at radius 1 is 1.18 bits per heavy atom. The number of nitrogens with zero attached hydrogens (tertiary/aromatic N) is 1. The summed E-state index contributed by atoms with van der Waals surface area (Å²) in [5.41, 5.74) is -0.730. The van der Waals surface area contributed by atoms with Crippen molar-refractivity contribution in [2.45, 2.75) is 32.1 Å². The van der Waals surface area contributed by atoms with Crippen LogP contribution in [-0.4, -0.2) is 11.7 Å². The van der Waals surface area contributed by atoms with Crippen LogP contribution in [0.2, 0.25) is 0 Å². The molecule has 0 heterocycles. The second-order valence-electron chi connectivity index (χ2n) is 4.29. The van der Waals surface area contributed by atoms with E-state index in [1.165, 1.54) is 0 Å². The summed E-state index contributed by atoms with van der Waals surface area (Å²) in [4.78, 5) is 0. The van der Waals surface area contributed by atoms with Gasteiger partial charge in [0.15, 0.2) is 0 Å². The van der Waals surface area contributed by atoms with Gasteiger partial charge in [0.1, 0.15) is 5.54 Å². The van der Waals surface area contributed by atoms with Gasteiger partial charge in [0.2, 0.25) is 0 Å². The van der Waals surface area contributed by atoms with Crippen molar-refractivity contribution in [3.8, 4) is 6.07 Å². The van der Waals surface area contributed by atoms with E-state index >= 15 is 0 Å². The van der Waals surface area contributed by atoms with E-state index in [0.717, 1.165) is 13.8 Å². The molecule has 0 unspecified atom stereocenters. The van der Waals surface area contributed by atoms with Gasteiger partial charge in [0.25, 0.3) is 0 Å². The molecule has 1 rings (SSSR count). The Morgan fingerprint density at radius 2 is 1.71 bits per heavy atom. The maximum atomic E-state index is 12.5. The van der Waals surface area contributed by atoms with Crippen LogP contribution in [0.3, 0.4) is 0 Å². The first-order chi connectivity index (χ1) is 7.76. The number of nitrogens with one attached hydrogen (secondary N) is 1. The van der Waals surface area contributed by atoms with E-state index in [1.54, 1.807) is 24.3 Å². The van der Waals surface area contributed by atoms with Crippen LogP contribution in [0.5, 0.6) is 0 Å². The van der Waals surface area contributed by atoms with Gasteiger partial charge in [-0.15, -0.1) is 0 Å². The maximum Gasteiger partial charge on any atom is 0.406 e. The monoisotopic (exact) mass is 242 g/mol. The SMILES string of the molecule is CC(C)(NCc1ccc(C#N)cc1)C(F)(F)F. The van der Waals surface area contributed by atoms with E-state index in [2.05, 4.69) is 5.32 Å². The van der Waals surface area contributed by atoms with E-state index in [4.69, 9.17) is 5.26 Å². The Kier molecular flexibility index (Phi) is 3.79. The van der Waals surface area contributed by atoms with Crippen molar-refractivity contribution in [3.63, 3.8) is 0 Å².